The van der Waals surface area contributed by atoms with E-state index >= 15 is 0 Å². The van der Waals surface area contributed by atoms with Crippen molar-refractivity contribution in [2.24, 2.45) is 0 Å². The van der Waals surface area contributed by atoms with E-state index in [-0.39, 0.29) is 29.8 Å². The molecule has 1 saturated heterocycles. The molecule has 2 aliphatic rings. The molecule has 1 aromatic carbocycles. The van der Waals surface area contributed by atoms with Crippen LogP contribution in [0.2, 0.25) is 5.02 Å². The van der Waals surface area contributed by atoms with Crippen LogP contribution in [0.1, 0.15) is 23.7 Å². The lowest BCUT2D eigenvalue weighted by atomic mass is 10.1. The molecule has 0 saturated carbocycles. The quantitative estimate of drug-likeness (QED) is 0.614. The molecule has 0 spiro atoms. The first-order valence-electron chi connectivity index (χ1n) is 7.69. The molecule has 0 aliphatic carbocycles. The summed E-state index contributed by atoms with van der Waals surface area (Å²) in [6.45, 7) is 2.55. The number of fused-ring (bicyclic) bond motifs is 2. The molecule has 5 heteroatoms. The second kappa shape index (κ2) is 6.69. The van der Waals surface area contributed by atoms with Gasteiger partial charge < -0.3 is 9.64 Å². The van der Waals surface area contributed by atoms with Crippen LogP contribution in [0.25, 0.3) is 0 Å². The van der Waals surface area contributed by atoms with Gasteiger partial charge in [-0.25, -0.2) is 0 Å². The maximum atomic E-state index is 12.2. The maximum Gasteiger partial charge on any atom is 0.187 e. The first kappa shape index (κ1) is 16.0. The zero-order valence-corrected chi connectivity index (χ0v) is 13.6. The van der Waals surface area contributed by atoms with Crippen molar-refractivity contribution in [1.29, 1.82) is 0 Å². The molecule has 0 radical (unpaired) electrons. The number of nitrogens with zero attached hydrogens (tertiary/aromatic N) is 1. The van der Waals surface area contributed by atoms with Crippen molar-refractivity contribution in [3.63, 3.8) is 0 Å². The average molecular weight is 332 g/mol. The summed E-state index contributed by atoms with van der Waals surface area (Å²) in [4.78, 5) is 26.2. The van der Waals surface area contributed by atoms with Crippen molar-refractivity contribution in [3.05, 3.63) is 59.3 Å². The van der Waals surface area contributed by atoms with Crippen LogP contribution < -0.4 is 0 Å². The van der Waals surface area contributed by atoms with Gasteiger partial charge in [0.25, 0.3) is 0 Å². The molecule has 0 N–H and O–H groups in total. The van der Waals surface area contributed by atoms with Crippen molar-refractivity contribution in [2.75, 3.05) is 6.61 Å². The van der Waals surface area contributed by atoms with Crippen LogP contribution in [0.3, 0.4) is 0 Å². The number of ketones is 2. The summed E-state index contributed by atoms with van der Waals surface area (Å²) >= 11 is 5.83. The van der Waals surface area contributed by atoms with E-state index < -0.39 is 0 Å². The number of benzene rings is 1. The normalized spacial score (nSPS) is 26.3. The zero-order valence-electron chi connectivity index (χ0n) is 12.8. The van der Waals surface area contributed by atoms with E-state index in [1.807, 2.05) is 17.9 Å². The van der Waals surface area contributed by atoms with E-state index in [1.165, 1.54) is 6.08 Å². The van der Waals surface area contributed by atoms with Crippen LogP contribution in [0.4, 0.5) is 0 Å². The van der Waals surface area contributed by atoms with Crippen LogP contribution in [0, 0.1) is 0 Å². The minimum absolute atomic E-state index is 0.00641. The molecule has 4 nitrogen and oxygen atoms in total. The smallest absolute Gasteiger partial charge is 0.187 e. The second-order valence-electron chi connectivity index (χ2n) is 5.63. The van der Waals surface area contributed by atoms with E-state index in [9.17, 15) is 9.59 Å². The van der Waals surface area contributed by atoms with Crippen LogP contribution in [0.15, 0.2) is 48.7 Å². The summed E-state index contributed by atoms with van der Waals surface area (Å²) < 4.78 is 5.72. The van der Waals surface area contributed by atoms with Crippen LogP contribution in [-0.2, 0) is 9.53 Å². The highest BCUT2D eigenvalue weighted by molar-refractivity contribution is 6.30. The lowest BCUT2D eigenvalue weighted by Gasteiger charge is -2.29. The summed E-state index contributed by atoms with van der Waals surface area (Å²) in [6, 6.07) is 6.51. The highest BCUT2D eigenvalue weighted by atomic mass is 35.5. The van der Waals surface area contributed by atoms with E-state index in [2.05, 4.69) is 0 Å². The number of halogens is 1. The topological polar surface area (TPSA) is 46.6 Å². The fraction of sp³-hybridized carbons (Fsp3) is 0.333. The van der Waals surface area contributed by atoms with Gasteiger partial charge in [-0.1, -0.05) is 17.7 Å². The Kier molecular flexibility index (Phi) is 4.64. The SMILES string of the molecule is CCO[C@@H]1CC2C(=O)C=CC1N2/C=C\C(=O)c1ccc(Cl)cc1. The second-order valence-corrected chi connectivity index (χ2v) is 6.07. The Morgan fingerprint density at radius 3 is 2.83 bits per heavy atom. The molecule has 2 heterocycles. The Bertz CT molecular complexity index is 665. The number of carbonyl (C=O) groups excluding carboxylic acids is 2. The van der Waals surface area contributed by atoms with Gasteiger partial charge in [0.05, 0.1) is 18.2 Å². The summed E-state index contributed by atoms with van der Waals surface area (Å²) in [5, 5.41) is 0.592. The molecule has 0 amide bonds. The number of hydrogen-bond donors (Lipinski definition) is 0. The Hall–Kier alpha value is -1.91. The fourth-order valence-corrected chi connectivity index (χ4v) is 3.25. The first-order valence-corrected chi connectivity index (χ1v) is 8.07. The lowest BCUT2D eigenvalue weighted by molar-refractivity contribution is -0.118. The highest BCUT2D eigenvalue weighted by Crippen LogP contribution is 2.32. The van der Waals surface area contributed by atoms with Gasteiger partial charge in [0.15, 0.2) is 11.6 Å². The van der Waals surface area contributed by atoms with Gasteiger partial charge in [0.1, 0.15) is 0 Å². The van der Waals surface area contributed by atoms with Crippen molar-refractivity contribution >= 4 is 23.2 Å². The van der Waals surface area contributed by atoms with Crippen molar-refractivity contribution < 1.29 is 14.3 Å². The molecule has 1 aromatic rings. The molecule has 120 valence electrons. The van der Waals surface area contributed by atoms with Gasteiger partial charge in [0.2, 0.25) is 0 Å². The first-order chi connectivity index (χ1) is 11.1. The van der Waals surface area contributed by atoms with Gasteiger partial charge in [0, 0.05) is 35.9 Å². The zero-order chi connectivity index (χ0) is 16.4. The maximum absolute atomic E-state index is 12.2. The molecular formula is C18H18ClNO3. The predicted octanol–water partition coefficient (Wildman–Crippen LogP) is 3.02. The molecule has 23 heavy (non-hydrogen) atoms. The number of ether oxygens (including phenoxy) is 1. The molecule has 2 bridgehead atoms. The largest absolute Gasteiger partial charge is 0.376 e. The van der Waals surface area contributed by atoms with E-state index in [0.717, 1.165) is 0 Å². The van der Waals surface area contributed by atoms with Crippen LogP contribution in [0.5, 0.6) is 0 Å². The average Bonchev–Trinajstić information content (AvgIpc) is 2.80. The lowest BCUT2D eigenvalue weighted by Crippen LogP contribution is -2.40. The van der Waals surface area contributed by atoms with Crippen molar-refractivity contribution in [2.45, 2.75) is 31.5 Å². The molecule has 2 aliphatic heterocycles. The van der Waals surface area contributed by atoms with Gasteiger partial charge in [-0.2, -0.15) is 0 Å². The molecule has 2 unspecified atom stereocenters. The number of allylic oxidation sites excluding steroid dienone is 1. The highest BCUT2D eigenvalue weighted by Gasteiger charge is 2.44. The third-order valence-corrected chi connectivity index (χ3v) is 4.49. The summed E-state index contributed by atoms with van der Waals surface area (Å²) in [5.41, 5.74) is 0.568. The number of hydrogen-bond acceptors (Lipinski definition) is 4. The third kappa shape index (κ3) is 3.23. The van der Waals surface area contributed by atoms with Crippen molar-refractivity contribution in [3.8, 4) is 0 Å². The summed E-state index contributed by atoms with van der Waals surface area (Å²) in [6.07, 6.45) is 7.35. The standard InChI is InChI=1S/C18H18ClNO3/c1-2-23-18-11-15-17(22)8-7-14(18)20(15)10-9-16(21)12-3-5-13(19)6-4-12/h3-10,14-15,18H,2,11H2,1H3/b10-9-/t14?,15?,18-/m1/s1. The van der Waals surface area contributed by atoms with Crippen LogP contribution >= 0.6 is 11.6 Å². The fourth-order valence-electron chi connectivity index (χ4n) is 3.12. The van der Waals surface area contributed by atoms with Crippen LogP contribution in [-0.4, -0.2) is 41.3 Å². The molecular weight excluding hydrogens is 314 g/mol. The Morgan fingerprint density at radius 1 is 1.39 bits per heavy atom. The Balaban J connectivity index is 1.76. The molecule has 3 rings (SSSR count). The minimum atomic E-state index is -0.240. The Morgan fingerprint density at radius 2 is 2.13 bits per heavy atom. The summed E-state index contributed by atoms with van der Waals surface area (Å²) in [5.74, 6) is -0.0527. The van der Waals surface area contributed by atoms with Gasteiger partial charge in [-0.3, -0.25) is 9.59 Å². The molecule has 3 atom stereocenters. The van der Waals surface area contributed by atoms with E-state index in [1.54, 1.807) is 36.5 Å². The monoisotopic (exact) mass is 331 g/mol. The minimum Gasteiger partial charge on any atom is -0.376 e. The third-order valence-electron chi connectivity index (χ3n) is 4.23. The van der Waals surface area contributed by atoms with Crippen molar-refractivity contribution in [1.82, 2.24) is 4.90 Å². The molecule has 1 fully saturated rings. The predicted molar refractivity (Wildman–Crippen MR) is 88.5 cm³/mol. The number of carbonyl (C=O) groups is 2. The number of rotatable bonds is 5. The van der Waals surface area contributed by atoms with Gasteiger partial charge in [-0.15, -0.1) is 0 Å². The van der Waals surface area contributed by atoms with E-state index in [0.29, 0.717) is 23.6 Å². The van der Waals surface area contributed by atoms with E-state index in [4.69, 9.17) is 16.3 Å². The Labute approximate surface area is 140 Å². The summed E-state index contributed by atoms with van der Waals surface area (Å²) in [7, 11) is 0. The van der Waals surface area contributed by atoms with Gasteiger partial charge in [-0.05, 0) is 37.3 Å². The van der Waals surface area contributed by atoms with Gasteiger partial charge >= 0.3 is 0 Å². The molecule has 0 aromatic heterocycles.